The van der Waals surface area contributed by atoms with Crippen molar-refractivity contribution >= 4 is 17.5 Å². The lowest BCUT2D eigenvalue weighted by atomic mass is 9.94. The summed E-state index contributed by atoms with van der Waals surface area (Å²) in [5.74, 6) is -0.735. The predicted molar refractivity (Wildman–Crippen MR) is 71.3 cm³/mol. The summed E-state index contributed by atoms with van der Waals surface area (Å²) in [5, 5.41) is 22.0. The molecule has 1 amide bonds. The van der Waals surface area contributed by atoms with Gasteiger partial charge in [0.15, 0.2) is 0 Å². The molecule has 1 aromatic carbocycles. The van der Waals surface area contributed by atoms with E-state index in [2.05, 4.69) is 5.32 Å². The van der Waals surface area contributed by atoms with Crippen LogP contribution in [0.2, 0.25) is 0 Å². The highest BCUT2D eigenvalue weighted by Gasteiger charge is 2.29. The molecule has 3 N–H and O–H groups in total. The molecule has 18 heavy (non-hydrogen) atoms. The fraction of sp³-hybridized carbons (Fsp3) is 0.462. The van der Waals surface area contributed by atoms with E-state index in [1.54, 1.807) is 0 Å². The van der Waals surface area contributed by atoms with Gasteiger partial charge in [-0.05, 0) is 25.0 Å². The number of carbonyl (C=O) groups excluding carboxylic acids is 1. The Morgan fingerprint density at radius 1 is 1.28 bits per heavy atom. The number of nitrogens with one attached hydrogen (secondary N) is 1. The number of rotatable bonds is 5. The first-order valence-corrected chi connectivity index (χ1v) is 6.42. The Kier molecular flexibility index (Phi) is 4.84. The van der Waals surface area contributed by atoms with Gasteiger partial charge < -0.3 is 15.5 Å². The van der Waals surface area contributed by atoms with Crippen molar-refractivity contribution < 1.29 is 15.0 Å². The van der Waals surface area contributed by atoms with Crippen LogP contribution in [0.1, 0.15) is 37.0 Å². The van der Waals surface area contributed by atoms with E-state index in [9.17, 15) is 15.0 Å². The molecule has 1 rings (SSSR count). The Balaban J connectivity index is 3.02. The normalized spacial score (nSPS) is 11.3. The highest BCUT2D eigenvalue weighted by molar-refractivity contribution is 6.19. The van der Waals surface area contributed by atoms with E-state index in [0.717, 1.165) is 0 Å². The largest absolute Gasteiger partial charge is 0.507 e. The van der Waals surface area contributed by atoms with Crippen LogP contribution in [-0.2, 0) is 0 Å². The average Bonchev–Trinajstić information content (AvgIpc) is 2.36. The van der Waals surface area contributed by atoms with Crippen LogP contribution in [0.3, 0.4) is 0 Å². The molecule has 5 heteroatoms. The molecule has 0 aliphatic carbocycles. The van der Waals surface area contributed by atoms with Crippen LogP contribution in [-0.4, -0.2) is 27.5 Å². The first kappa shape index (κ1) is 14.6. The minimum Gasteiger partial charge on any atom is -0.507 e. The van der Waals surface area contributed by atoms with Crippen molar-refractivity contribution in [2.75, 3.05) is 5.88 Å². The quantitative estimate of drug-likeness (QED) is 0.721. The summed E-state index contributed by atoms with van der Waals surface area (Å²) in [4.78, 5) is 12.1. The van der Waals surface area contributed by atoms with Gasteiger partial charge in [0.1, 0.15) is 17.1 Å². The summed E-state index contributed by atoms with van der Waals surface area (Å²) >= 11 is 5.90. The fourth-order valence-corrected chi connectivity index (χ4v) is 2.16. The van der Waals surface area contributed by atoms with Crippen LogP contribution in [0.4, 0.5) is 0 Å². The third-order valence-electron chi connectivity index (χ3n) is 3.24. The molecule has 0 aliphatic heterocycles. The highest BCUT2D eigenvalue weighted by atomic mass is 35.5. The summed E-state index contributed by atoms with van der Waals surface area (Å²) in [6.45, 7) is 3.85. The summed E-state index contributed by atoms with van der Waals surface area (Å²) < 4.78 is 0. The number of phenols is 2. The van der Waals surface area contributed by atoms with Gasteiger partial charge in [0.25, 0.3) is 5.91 Å². The fourth-order valence-electron chi connectivity index (χ4n) is 1.71. The van der Waals surface area contributed by atoms with Crippen LogP contribution >= 0.6 is 11.6 Å². The molecule has 0 bridgehead atoms. The monoisotopic (exact) mass is 271 g/mol. The van der Waals surface area contributed by atoms with Crippen LogP contribution in [0.5, 0.6) is 11.5 Å². The molecule has 0 aromatic heterocycles. The van der Waals surface area contributed by atoms with Crippen LogP contribution in [0.25, 0.3) is 0 Å². The molecule has 0 fully saturated rings. The van der Waals surface area contributed by atoms with Crippen molar-refractivity contribution in [3.8, 4) is 11.5 Å². The van der Waals surface area contributed by atoms with E-state index in [4.69, 9.17) is 11.6 Å². The van der Waals surface area contributed by atoms with Gasteiger partial charge in [-0.2, -0.15) is 0 Å². The second-order valence-corrected chi connectivity index (χ2v) is 4.51. The lowest BCUT2D eigenvalue weighted by Gasteiger charge is -2.30. The van der Waals surface area contributed by atoms with Crippen molar-refractivity contribution in [1.29, 1.82) is 0 Å². The van der Waals surface area contributed by atoms with Gasteiger partial charge in [-0.3, -0.25) is 4.79 Å². The van der Waals surface area contributed by atoms with Gasteiger partial charge in [-0.25, -0.2) is 0 Å². The number of phenolic OH excluding ortho intramolecular Hbond substituents is 2. The Labute approximate surface area is 112 Å². The third kappa shape index (κ3) is 2.88. The molecule has 0 spiro atoms. The summed E-state index contributed by atoms with van der Waals surface area (Å²) in [6.07, 6.45) is 1.35. The average molecular weight is 272 g/mol. The number of carbonyl (C=O) groups is 1. The Hall–Kier alpha value is -1.42. The van der Waals surface area contributed by atoms with Crippen molar-refractivity contribution in [3.05, 3.63) is 23.8 Å². The molecule has 0 saturated carbocycles. The van der Waals surface area contributed by atoms with Crippen molar-refractivity contribution in [3.63, 3.8) is 0 Å². The Morgan fingerprint density at radius 2 is 1.78 bits per heavy atom. The summed E-state index contributed by atoms with van der Waals surface area (Å²) in [5.41, 5.74) is -0.637. The molecule has 100 valence electrons. The van der Waals surface area contributed by atoms with E-state index >= 15 is 0 Å². The van der Waals surface area contributed by atoms with E-state index in [0.29, 0.717) is 12.8 Å². The zero-order chi connectivity index (χ0) is 13.8. The van der Waals surface area contributed by atoms with Crippen molar-refractivity contribution in [2.45, 2.75) is 32.2 Å². The van der Waals surface area contributed by atoms with Gasteiger partial charge in [-0.15, -0.1) is 11.6 Å². The number of amides is 1. The van der Waals surface area contributed by atoms with Crippen molar-refractivity contribution in [2.24, 2.45) is 0 Å². The van der Waals surface area contributed by atoms with E-state index in [1.807, 2.05) is 13.8 Å². The molecule has 0 aliphatic rings. The molecule has 0 atom stereocenters. The smallest absolute Gasteiger partial charge is 0.259 e. The molecule has 0 heterocycles. The minimum absolute atomic E-state index is 0.117. The van der Waals surface area contributed by atoms with E-state index in [-0.39, 0.29) is 22.9 Å². The number of hydrogen-bond acceptors (Lipinski definition) is 3. The summed E-state index contributed by atoms with van der Waals surface area (Å²) in [6, 6.07) is 4.18. The lowest BCUT2D eigenvalue weighted by molar-refractivity contribution is 0.0897. The van der Waals surface area contributed by atoms with E-state index in [1.165, 1.54) is 18.2 Å². The topological polar surface area (TPSA) is 69.6 Å². The Morgan fingerprint density at radius 3 is 2.17 bits per heavy atom. The molecule has 1 aromatic rings. The predicted octanol–water partition coefficient (Wildman–Crippen LogP) is 2.63. The van der Waals surface area contributed by atoms with Crippen LogP contribution in [0, 0.1) is 0 Å². The van der Waals surface area contributed by atoms with Crippen molar-refractivity contribution in [1.82, 2.24) is 5.32 Å². The molecule has 0 unspecified atom stereocenters. The van der Waals surface area contributed by atoms with Crippen LogP contribution < -0.4 is 5.32 Å². The number of alkyl halides is 1. The van der Waals surface area contributed by atoms with Gasteiger partial charge in [0.2, 0.25) is 0 Å². The number of halogens is 1. The highest BCUT2D eigenvalue weighted by Crippen LogP contribution is 2.27. The number of aromatic hydroxyl groups is 2. The van der Waals surface area contributed by atoms with Gasteiger partial charge in [-0.1, -0.05) is 19.9 Å². The number of hydrogen-bond donors (Lipinski definition) is 3. The second kappa shape index (κ2) is 5.96. The molecule has 0 radical (unpaired) electrons. The molecular formula is C13H18ClNO3. The SMILES string of the molecule is CCC(CC)(CCl)NC(=O)c1c(O)cccc1O. The standard InChI is InChI=1S/C13H18ClNO3/c1-3-13(4-2,8-14)15-12(18)11-9(16)6-5-7-10(11)17/h5-7,16-17H,3-4,8H2,1-2H3,(H,15,18). The van der Waals surface area contributed by atoms with Gasteiger partial charge in [0.05, 0.1) is 5.54 Å². The lowest BCUT2D eigenvalue weighted by Crippen LogP contribution is -2.49. The van der Waals surface area contributed by atoms with E-state index < -0.39 is 11.4 Å². The first-order chi connectivity index (χ1) is 8.49. The third-order valence-corrected chi connectivity index (χ3v) is 3.75. The molecular weight excluding hydrogens is 254 g/mol. The van der Waals surface area contributed by atoms with Gasteiger partial charge in [0, 0.05) is 5.88 Å². The minimum atomic E-state index is -0.520. The van der Waals surface area contributed by atoms with Gasteiger partial charge >= 0.3 is 0 Å². The molecule has 0 saturated heterocycles. The first-order valence-electron chi connectivity index (χ1n) is 5.89. The maximum atomic E-state index is 12.1. The maximum Gasteiger partial charge on any atom is 0.259 e. The second-order valence-electron chi connectivity index (χ2n) is 4.25. The Bertz CT molecular complexity index is 402. The maximum absolute atomic E-state index is 12.1. The van der Waals surface area contributed by atoms with Crippen LogP contribution in [0.15, 0.2) is 18.2 Å². The molecule has 4 nitrogen and oxygen atoms in total. The zero-order valence-electron chi connectivity index (χ0n) is 10.5. The number of benzene rings is 1. The zero-order valence-corrected chi connectivity index (χ0v) is 11.3. The summed E-state index contributed by atoms with van der Waals surface area (Å²) in [7, 11) is 0.